The molecule has 30 heavy (non-hydrogen) atoms. The lowest BCUT2D eigenvalue weighted by atomic mass is 9.87. The smallest absolute Gasteiger partial charge is 0.336 e. The van der Waals surface area contributed by atoms with Crippen LogP contribution >= 0.6 is 0 Å². The highest BCUT2D eigenvalue weighted by Gasteiger charge is 2.50. The molecule has 1 aliphatic heterocycles. The minimum atomic E-state index is -1.01. The molecule has 7 heteroatoms. The zero-order valence-corrected chi connectivity index (χ0v) is 18.0. The quantitative estimate of drug-likeness (QED) is 0.423. The van der Waals surface area contributed by atoms with Gasteiger partial charge in [0.1, 0.15) is 16.9 Å². The molecular weight excluding hydrogens is 388 g/mol. The third-order valence-corrected chi connectivity index (χ3v) is 4.77. The zero-order chi connectivity index (χ0) is 22.2. The van der Waals surface area contributed by atoms with E-state index in [0.717, 1.165) is 5.57 Å². The molecule has 0 saturated carbocycles. The van der Waals surface area contributed by atoms with Crippen molar-refractivity contribution in [1.82, 2.24) is 0 Å². The van der Waals surface area contributed by atoms with E-state index in [9.17, 15) is 14.4 Å². The summed E-state index contributed by atoms with van der Waals surface area (Å²) < 4.78 is 23.1. The third-order valence-electron chi connectivity index (χ3n) is 4.77. The minimum Gasteiger partial charge on any atom is -0.483 e. The number of benzene rings is 1. The first-order valence-electron chi connectivity index (χ1n) is 9.81. The van der Waals surface area contributed by atoms with Crippen LogP contribution in [-0.2, 0) is 19.1 Å². The van der Waals surface area contributed by atoms with Crippen molar-refractivity contribution < 1.29 is 28.2 Å². The maximum absolute atomic E-state index is 12.5. The summed E-state index contributed by atoms with van der Waals surface area (Å²) in [6, 6.07) is 6.41. The van der Waals surface area contributed by atoms with Crippen molar-refractivity contribution in [3.05, 3.63) is 51.9 Å². The average molecular weight is 414 g/mol. The molecule has 160 valence electrons. The molecule has 1 aromatic carbocycles. The molecule has 2 atom stereocenters. The molecule has 0 fully saturated rings. The van der Waals surface area contributed by atoms with Crippen LogP contribution in [-0.4, -0.2) is 23.6 Å². The fourth-order valence-electron chi connectivity index (χ4n) is 3.33. The van der Waals surface area contributed by atoms with Gasteiger partial charge in [0.25, 0.3) is 0 Å². The Hall–Kier alpha value is -3.09. The zero-order valence-electron chi connectivity index (χ0n) is 18.0. The van der Waals surface area contributed by atoms with Gasteiger partial charge in [-0.05, 0) is 45.9 Å². The highest BCUT2D eigenvalue weighted by molar-refractivity contribution is 5.85. The molecule has 0 spiro atoms. The van der Waals surface area contributed by atoms with Gasteiger partial charge in [-0.3, -0.25) is 4.79 Å². The van der Waals surface area contributed by atoms with Crippen LogP contribution in [0.1, 0.15) is 53.2 Å². The Balaban J connectivity index is 2.21. The van der Waals surface area contributed by atoms with Crippen molar-refractivity contribution in [3.8, 4) is 5.75 Å². The minimum absolute atomic E-state index is 0.236. The molecule has 2 heterocycles. The number of allylic oxidation sites excluding steroid dienone is 1. The van der Waals surface area contributed by atoms with E-state index in [1.807, 2.05) is 0 Å². The molecule has 0 amide bonds. The summed E-state index contributed by atoms with van der Waals surface area (Å²) in [5.74, 6) is -1.05. The van der Waals surface area contributed by atoms with E-state index in [-0.39, 0.29) is 5.58 Å². The molecule has 0 aliphatic carbocycles. The maximum atomic E-state index is 12.5. The summed E-state index contributed by atoms with van der Waals surface area (Å²) in [5, 5.41) is 0.636. The van der Waals surface area contributed by atoms with E-state index < -0.39 is 41.3 Å². The van der Waals surface area contributed by atoms with E-state index in [2.05, 4.69) is 0 Å². The predicted octanol–water partition coefficient (Wildman–Crippen LogP) is 4.08. The Labute approximate surface area is 174 Å². The SMILES string of the molecule is CC(C)=CC(=O)O[C@@H]1[C@H](OC(=O)C(C)C)c2c(ccc3ccc(=O)oc23)OC1(C)C. The monoisotopic (exact) mass is 414 g/mol. The van der Waals surface area contributed by atoms with E-state index in [1.165, 1.54) is 12.1 Å². The second kappa shape index (κ2) is 7.97. The van der Waals surface area contributed by atoms with Gasteiger partial charge >= 0.3 is 17.6 Å². The Morgan fingerprint density at radius 2 is 1.77 bits per heavy atom. The summed E-state index contributed by atoms with van der Waals surface area (Å²) in [4.78, 5) is 36.9. The van der Waals surface area contributed by atoms with Crippen molar-refractivity contribution in [3.63, 3.8) is 0 Å². The molecule has 0 bridgehead atoms. The lowest BCUT2D eigenvalue weighted by molar-refractivity contribution is -0.189. The summed E-state index contributed by atoms with van der Waals surface area (Å²) >= 11 is 0. The molecule has 0 radical (unpaired) electrons. The van der Waals surface area contributed by atoms with Gasteiger partial charge in [0, 0.05) is 17.5 Å². The highest BCUT2D eigenvalue weighted by atomic mass is 16.6. The van der Waals surface area contributed by atoms with Gasteiger partial charge in [0.15, 0.2) is 12.2 Å². The normalized spacial score (nSPS) is 19.6. The second-order valence-electron chi connectivity index (χ2n) is 8.45. The van der Waals surface area contributed by atoms with E-state index >= 15 is 0 Å². The number of hydrogen-bond donors (Lipinski definition) is 0. The number of carbonyl (C=O) groups excluding carboxylic acids is 2. The van der Waals surface area contributed by atoms with Crippen LogP contribution in [0.25, 0.3) is 11.0 Å². The lowest BCUT2D eigenvalue weighted by Crippen LogP contribution is -2.52. The van der Waals surface area contributed by atoms with E-state index in [4.69, 9.17) is 18.6 Å². The molecule has 1 aliphatic rings. The number of hydrogen-bond acceptors (Lipinski definition) is 7. The van der Waals surface area contributed by atoms with Crippen molar-refractivity contribution in [1.29, 1.82) is 0 Å². The van der Waals surface area contributed by atoms with Crippen LogP contribution in [0.2, 0.25) is 0 Å². The van der Waals surface area contributed by atoms with Gasteiger partial charge in [0.05, 0.1) is 11.5 Å². The summed E-state index contributed by atoms with van der Waals surface area (Å²) in [5.41, 5.74) is -0.188. The van der Waals surface area contributed by atoms with Gasteiger partial charge in [-0.1, -0.05) is 19.4 Å². The summed E-state index contributed by atoms with van der Waals surface area (Å²) in [6.45, 7) is 10.5. The van der Waals surface area contributed by atoms with Gasteiger partial charge in [-0.25, -0.2) is 9.59 Å². The van der Waals surface area contributed by atoms with Gasteiger partial charge in [0.2, 0.25) is 0 Å². The van der Waals surface area contributed by atoms with Crippen LogP contribution < -0.4 is 10.4 Å². The largest absolute Gasteiger partial charge is 0.483 e. The topological polar surface area (TPSA) is 92.0 Å². The van der Waals surface area contributed by atoms with Crippen molar-refractivity contribution >= 4 is 22.9 Å². The van der Waals surface area contributed by atoms with Gasteiger partial charge < -0.3 is 18.6 Å². The van der Waals surface area contributed by atoms with E-state index in [0.29, 0.717) is 16.7 Å². The Morgan fingerprint density at radius 3 is 2.40 bits per heavy atom. The molecule has 1 aromatic heterocycles. The molecule has 3 rings (SSSR count). The molecule has 7 nitrogen and oxygen atoms in total. The molecule has 0 unspecified atom stereocenters. The van der Waals surface area contributed by atoms with Gasteiger partial charge in [-0.15, -0.1) is 0 Å². The Bertz CT molecular complexity index is 1070. The maximum Gasteiger partial charge on any atom is 0.336 e. The average Bonchev–Trinajstić information content (AvgIpc) is 2.62. The highest BCUT2D eigenvalue weighted by Crippen LogP contribution is 2.46. The fraction of sp³-hybridized carbons (Fsp3) is 0.435. The Morgan fingerprint density at radius 1 is 1.10 bits per heavy atom. The standard InChI is InChI=1S/C23H26O7/c1-12(2)11-17(25)28-21-20(29-22(26)13(3)4)18-15(30-23(21,5)6)9-7-14-8-10-16(24)27-19(14)18/h7-11,13,20-21H,1-6H3/t20-,21-/m1/s1. The third kappa shape index (κ3) is 4.25. The first-order chi connectivity index (χ1) is 14.0. The summed E-state index contributed by atoms with van der Waals surface area (Å²) in [6.07, 6.45) is -0.620. The van der Waals surface area contributed by atoms with Crippen LogP contribution in [0, 0.1) is 5.92 Å². The molecule has 0 N–H and O–H groups in total. The number of rotatable bonds is 4. The summed E-state index contributed by atoms with van der Waals surface area (Å²) in [7, 11) is 0. The molecule has 0 saturated heterocycles. The number of esters is 2. The van der Waals surface area contributed by atoms with Crippen LogP contribution in [0.3, 0.4) is 0 Å². The van der Waals surface area contributed by atoms with E-state index in [1.54, 1.807) is 59.7 Å². The van der Waals surface area contributed by atoms with Crippen LogP contribution in [0.15, 0.2) is 45.1 Å². The fourth-order valence-corrected chi connectivity index (χ4v) is 3.33. The number of fused-ring (bicyclic) bond motifs is 3. The first-order valence-corrected chi connectivity index (χ1v) is 9.81. The second-order valence-corrected chi connectivity index (χ2v) is 8.45. The number of carbonyl (C=O) groups is 2. The van der Waals surface area contributed by atoms with Crippen LogP contribution in [0.4, 0.5) is 0 Å². The van der Waals surface area contributed by atoms with Gasteiger partial charge in [-0.2, -0.15) is 0 Å². The molecule has 2 aromatic rings. The van der Waals surface area contributed by atoms with Crippen molar-refractivity contribution in [2.24, 2.45) is 5.92 Å². The van der Waals surface area contributed by atoms with Crippen molar-refractivity contribution in [2.45, 2.75) is 59.4 Å². The lowest BCUT2D eigenvalue weighted by Gasteiger charge is -2.43. The number of ether oxygens (including phenoxy) is 3. The first kappa shape index (κ1) is 21.6. The van der Waals surface area contributed by atoms with Crippen LogP contribution in [0.5, 0.6) is 5.75 Å². The van der Waals surface area contributed by atoms with Crippen molar-refractivity contribution in [2.75, 3.05) is 0 Å². The Kier molecular flexibility index (Phi) is 5.74. The predicted molar refractivity (Wildman–Crippen MR) is 110 cm³/mol. The molecular formula is C23H26O7.